The van der Waals surface area contributed by atoms with E-state index in [0.717, 1.165) is 35.9 Å². The molecule has 0 amide bonds. The van der Waals surface area contributed by atoms with Crippen LogP contribution in [-0.2, 0) is 13.0 Å². The van der Waals surface area contributed by atoms with E-state index in [0.29, 0.717) is 19.8 Å². The van der Waals surface area contributed by atoms with Gasteiger partial charge < -0.3 is 19.5 Å². The molecule has 0 fully saturated rings. The van der Waals surface area contributed by atoms with E-state index in [2.05, 4.69) is 41.7 Å². The molecule has 0 aliphatic carbocycles. The molecule has 168 valence electrons. The zero-order chi connectivity index (χ0) is 22.6. The number of hydrogen-bond donors (Lipinski definition) is 1. The molecule has 0 atom stereocenters. The van der Waals surface area contributed by atoms with E-state index in [4.69, 9.17) is 14.2 Å². The van der Waals surface area contributed by atoms with E-state index >= 15 is 0 Å². The molecule has 0 unspecified atom stereocenters. The number of anilines is 1. The highest BCUT2D eigenvalue weighted by atomic mass is 16.5. The lowest BCUT2D eigenvalue weighted by Crippen LogP contribution is -2.09. The minimum absolute atomic E-state index is 0.490. The van der Waals surface area contributed by atoms with Crippen LogP contribution in [0.25, 0.3) is 0 Å². The number of benzene rings is 4. The van der Waals surface area contributed by atoms with Crippen molar-refractivity contribution in [3.05, 3.63) is 120 Å². The van der Waals surface area contributed by atoms with Gasteiger partial charge in [-0.15, -0.1) is 0 Å². The Balaban J connectivity index is 1.18. The summed E-state index contributed by atoms with van der Waals surface area (Å²) in [5.74, 6) is 2.56. The third-order valence-corrected chi connectivity index (χ3v) is 5.12. The third-order valence-electron chi connectivity index (χ3n) is 5.12. The van der Waals surface area contributed by atoms with E-state index in [1.807, 2.05) is 72.8 Å². The summed E-state index contributed by atoms with van der Waals surface area (Å²) in [5, 5.41) is 3.45. The van der Waals surface area contributed by atoms with Crippen molar-refractivity contribution in [2.75, 3.05) is 25.1 Å². The van der Waals surface area contributed by atoms with Crippen molar-refractivity contribution in [2.45, 2.75) is 13.0 Å². The molecule has 0 saturated heterocycles. The Morgan fingerprint density at radius 2 is 1.09 bits per heavy atom. The van der Waals surface area contributed by atoms with Crippen molar-refractivity contribution >= 4 is 5.69 Å². The van der Waals surface area contributed by atoms with Crippen LogP contribution >= 0.6 is 0 Å². The number of para-hydroxylation sites is 1. The highest BCUT2D eigenvalue weighted by Gasteiger charge is 2.00. The second-order valence-electron chi connectivity index (χ2n) is 7.62. The average Bonchev–Trinajstić information content (AvgIpc) is 2.88. The van der Waals surface area contributed by atoms with E-state index < -0.39 is 0 Å². The number of nitrogens with one attached hydrogen (secondary N) is 1. The molecule has 0 heterocycles. The first-order valence-electron chi connectivity index (χ1n) is 11.3. The van der Waals surface area contributed by atoms with E-state index in [1.54, 1.807) is 0 Å². The van der Waals surface area contributed by atoms with E-state index in [9.17, 15) is 0 Å². The van der Waals surface area contributed by atoms with Crippen molar-refractivity contribution in [2.24, 2.45) is 0 Å². The Hall–Kier alpha value is -3.92. The molecule has 0 bridgehead atoms. The first-order chi connectivity index (χ1) is 16.3. The Labute approximate surface area is 195 Å². The molecule has 4 heteroatoms. The molecule has 33 heavy (non-hydrogen) atoms. The predicted octanol–water partition coefficient (Wildman–Crippen LogP) is 6.38. The van der Waals surface area contributed by atoms with Gasteiger partial charge in [-0.1, -0.05) is 66.7 Å². The second-order valence-corrected chi connectivity index (χ2v) is 7.62. The molecule has 1 N–H and O–H groups in total. The predicted molar refractivity (Wildman–Crippen MR) is 133 cm³/mol. The molecule has 0 saturated carbocycles. The summed E-state index contributed by atoms with van der Waals surface area (Å²) in [6.07, 6.45) is 0.904. The summed E-state index contributed by atoms with van der Waals surface area (Å²) in [6, 6.07) is 36.3. The minimum atomic E-state index is 0.490. The van der Waals surface area contributed by atoms with Gasteiger partial charge in [-0.05, 0) is 47.5 Å². The van der Waals surface area contributed by atoms with Gasteiger partial charge in [-0.2, -0.15) is 0 Å². The maximum absolute atomic E-state index is 5.87. The first-order valence-corrected chi connectivity index (χ1v) is 11.3. The lowest BCUT2D eigenvalue weighted by atomic mass is 10.2. The number of rotatable bonds is 12. The summed E-state index contributed by atoms with van der Waals surface area (Å²) in [7, 11) is 0. The standard InChI is InChI=1S/C29H29NO3/c1-3-8-24(9-4-1)18-19-31-28-16-14-25(15-17-28)23-30-26-10-7-13-29(22-26)33-21-20-32-27-11-5-2-6-12-27/h1-17,22,30H,18-21,23H2. The maximum Gasteiger partial charge on any atom is 0.122 e. The second kappa shape index (κ2) is 12.2. The van der Waals surface area contributed by atoms with Gasteiger partial charge in [0.1, 0.15) is 30.5 Å². The fourth-order valence-corrected chi connectivity index (χ4v) is 3.37. The van der Waals surface area contributed by atoms with Gasteiger partial charge in [0.25, 0.3) is 0 Å². The normalized spacial score (nSPS) is 10.4. The molecule has 4 rings (SSSR count). The third kappa shape index (κ3) is 7.62. The molecule has 0 aliphatic heterocycles. The molecular formula is C29H29NO3. The van der Waals surface area contributed by atoms with Gasteiger partial charge in [0.05, 0.1) is 6.61 Å². The van der Waals surface area contributed by atoms with Crippen LogP contribution in [0.2, 0.25) is 0 Å². The van der Waals surface area contributed by atoms with Crippen molar-refractivity contribution in [3.63, 3.8) is 0 Å². The van der Waals surface area contributed by atoms with Gasteiger partial charge in [0.2, 0.25) is 0 Å². The van der Waals surface area contributed by atoms with Crippen molar-refractivity contribution in [1.29, 1.82) is 0 Å². The molecule has 0 spiro atoms. The smallest absolute Gasteiger partial charge is 0.122 e. The van der Waals surface area contributed by atoms with Crippen LogP contribution in [0.1, 0.15) is 11.1 Å². The monoisotopic (exact) mass is 439 g/mol. The Kier molecular flexibility index (Phi) is 8.24. The topological polar surface area (TPSA) is 39.7 Å². The van der Waals surface area contributed by atoms with Crippen LogP contribution in [-0.4, -0.2) is 19.8 Å². The van der Waals surface area contributed by atoms with Gasteiger partial charge in [-0.3, -0.25) is 0 Å². The summed E-state index contributed by atoms with van der Waals surface area (Å²) in [6.45, 7) is 2.39. The highest BCUT2D eigenvalue weighted by molar-refractivity contribution is 5.48. The van der Waals surface area contributed by atoms with Crippen LogP contribution in [0.4, 0.5) is 5.69 Å². The molecular weight excluding hydrogens is 410 g/mol. The van der Waals surface area contributed by atoms with Crippen molar-refractivity contribution in [1.82, 2.24) is 0 Å². The Morgan fingerprint density at radius 3 is 1.85 bits per heavy atom. The zero-order valence-corrected chi connectivity index (χ0v) is 18.7. The van der Waals surface area contributed by atoms with Gasteiger partial charge in [0.15, 0.2) is 0 Å². The van der Waals surface area contributed by atoms with Gasteiger partial charge in [0, 0.05) is 24.7 Å². The fourth-order valence-electron chi connectivity index (χ4n) is 3.37. The lowest BCUT2D eigenvalue weighted by molar-refractivity contribution is 0.217. The molecule has 4 aromatic carbocycles. The summed E-state index contributed by atoms with van der Waals surface area (Å²) >= 11 is 0. The number of hydrogen-bond acceptors (Lipinski definition) is 4. The Morgan fingerprint density at radius 1 is 0.485 bits per heavy atom. The SMILES string of the molecule is c1ccc(CCOc2ccc(CNc3cccc(OCCOc4ccccc4)c3)cc2)cc1. The highest BCUT2D eigenvalue weighted by Crippen LogP contribution is 2.19. The van der Waals surface area contributed by atoms with Gasteiger partial charge in [-0.25, -0.2) is 0 Å². The summed E-state index contributed by atoms with van der Waals surface area (Å²) in [4.78, 5) is 0. The minimum Gasteiger partial charge on any atom is -0.493 e. The molecule has 0 aliphatic rings. The lowest BCUT2D eigenvalue weighted by Gasteiger charge is -2.11. The molecule has 0 aromatic heterocycles. The summed E-state index contributed by atoms with van der Waals surface area (Å²) < 4.78 is 17.4. The molecule has 4 aromatic rings. The fraction of sp³-hybridized carbons (Fsp3) is 0.172. The van der Waals surface area contributed by atoms with Gasteiger partial charge >= 0.3 is 0 Å². The number of ether oxygens (including phenoxy) is 3. The van der Waals surface area contributed by atoms with E-state index in [-0.39, 0.29) is 0 Å². The zero-order valence-electron chi connectivity index (χ0n) is 18.7. The summed E-state index contributed by atoms with van der Waals surface area (Å²) in [5.41, 5.74) is 3.49. The Bertz CT molecular complexity index is 1080. The quantitative estimate of drug-likeness (QED) is 0.260. The largest absolute Gasteiger partial charge is 0.493 e. The van der Waals surface area contributed by atoms with Crippen molar-refractivity contribution < 1.29 is 14.2 Å². The van der Waals surface area contributed by atoms with E-state index in [1.165, 1.54) is 11.1 Å². The van der Waals surface area contributed by atoms with Crippen molar-refractivity contribution in [3.8, 4) is 17.2 Å². The molecule has 4 nitrogen and oxygen atoms in total. The molecule has 0 radical (unpaired) electrons. The first kappa shape index (κ1) is 22.3. The van der Waals surface area contributed by atoms with Crippen LogP contribution in [0, 0.1) is 0 Å². The van der Waals surface area contributed by atoms with Crippen LogP contribution in [0.3, 0.4) is 0 Å². The van der Waals surface area contributed by atoms with Crippen LogP contribution < -0.4 is 19.5 Å². The van der Waals surface area contributed by atoms with Crippen LogP contribution in [0.5, 0.6) is 17.2 Å². The van der Waals surface area contributed by atoms with Crippen LogP contribution in [0.15, 0.2) is 109 Å². The average molecular weight is 440 g/mol. The maximum atomic E-state index is 5.87.